The second-order valence-corrected chi connectivity index (χ2v) is 5.77. The minimum atomic E-state index is -0.658. The lowest BCUT2D eigenvalue weighted by atomic mass is 10.3. The minimum Gasteiger partial charge on any atom is -0.421 e. The van der Waals surface area contributed by atoms with Gasteiger partial charge in [-0.05, 0) is 43.7 Å². The van der Waals surface area contributed by atoms with E-state index in [-0.39, 0.29) is 11.7 Å². The number of aromatic nitrogens is 4. The number of amides is 1. The number of anilines is 1. The first-order chi connectivity index (χ1) is 12.1. The van der Waals surface area contributed by atoms with Crippen molar-refractivity contribution >= 4 is 23.3 Å². The van der Waals surface area contributed by atoms with E-state index in [0.29, 0.717) is 17.9 Å². The van der Waals surface area contributed by atoms with Crippen LogP contribution in [0.5, 0.6) is 5.75 Å². The van der Waals surface area contributed by atoms with Gasteiger partial charge in [-0.3, -0.25) is 4.79 Å². The van der Waals surface area contributed by atoms with Gasteiger partial charge < -0.3 is 9.64 Å². The summed E-state index contributed by atoms with van der Waals surface area (Å²) in [6.45, 7) is 2.56. The van der Waals surface area contributed by atoms with Crippen molar-refractivity contribution in [3.05, 3.63) is 48.0 Å². The maximum Gasteiger partial charge on any atom is 0.383 e. The SMILES string of the molecule is Cc1ccnc2nc(C(=O)Oc3ccc(N4CCCC4=O)cc3)nn12. The molecular formula is C17H15N5O3. The Labute approximate surface area is 143 Å². The zero-order chi connectivity index (χ0) is 17.4. The maximum absolute atomic E-state index is 12.2. The van der Waals surface area contributed by atoms with Gasteiger partial charge in [-0.2, -0.15) is 4.98 Å². The Morgan fingerprint density at radius 3 is 2.68 bits per heavy atom. The number of ether oxygens (including phenoxy) is 1. The molecular weight excluding hydrogens is 322 g/mol. The molecule has 1 fully saturated rings. The molecule has 0 radical (unpaired) electrons. The Morgan fingerprint density at radius 2 is 2.00 bits per heavy atom. The van der Waals surface area contributed by atoms with Gasteiger partial charge in [-0.15, -0.1) is 5.10 Å². The van der Waals surface area contributed by atoms with Crippen molar-refractivity contribution in [1.82, 2.24) is 19.6 Å². The lowest BCUT2D eigenvalue weighted by molar-refractivity contribution is -0.117. The Bertz CT molecular complexity index is 964. The average Bonchev–Trinajstić information content (AvgIpc) is 3.23. The molecule has 0 aliphatic carbocycles. The predicted molar refractivity (Wildman–Crippen MR) is 88.5 cm³/mol. The number of benzene rings is 1. The number of rotatable bonds is 3. The Morgan fingerprint density at radius 1 is 1.20 bits per heavy atom. The summed E-state index contributed by atoms with van der Waals surface area (Å²) in [5.74, 6) is 0.107. The lowest BCUT2D eigenvalue weighted by Gasteiger charge is -2.15. The lowest BCUT2D eigenvalue weighted by Crippen LogP contribution is -2.23. The first-order valence-corrected chi connectivity index (χ1v) is 7.93. The van der Waals surface area contributed by atoms with Crippen LogP contribution in [0.3, 0.4) is 0 Å². The zero-order valence-corrected chi connectivity index (χ0v) is 13.5. The number of nitrogens with zero attached hydrogens (tertiary/aromatic N) is 5. The highest BCUT2D eigenvalue weighted by molar-refractivity contribution is 5.95. The summed E-state index contributed by atoms with van der Waals surface area (Å²) in [5.41, 5.74) is 1.61. The molecule has 3 aromatic rings. The van der Waals surface area contributed by atoms with E-state index in [2.05, 4.69) is 15.1 Å². The van der Waals surface area contributed by atoms with E-state index in [1.54, 1.807) is 41.4 Å². The van der Waals surface area contributed by atoms with Gasteiger partial charge in [0.1, 0.15) is 5.75 Å². The standard InChI is InChI=1S/C17H15N5O3/c1-11-8-9-18-17-19-15(20-22(11)17)16(24)25-13-6-4-12(5-7-13)21-10-2-3-14(21)23/h4-9H,2-3,10H2,1H3. The van der Waals surface area contributed by atoms with Crippen molar-refractivity contribution in [2.45, 2.75) is 19.8 Å². The molecule has 4 rings (SSSR count). The second-order valence-electron chi connectivity index (χ2n) is 5.77. The molecule has 25 heavy (non-hydrogen) atoms. The summed E-state index contributed by atoms with van der Waals surface area (Å²) in [6.07, 6.45) is 3.04. The predicted octanol–water partition coefficient (Wildman–Crippen LogP) is 1.78. The molecule has 0 bridgehead atoms. The molecule has 1 amide bonds. The van der Waals surface area contributed by atoms with Gasteiger partial charge in [0.05, 0.1) is 0 Å². The molecule has 8 nitrogen and oxygen atoms in total. The van der Waals surface area contributed by atoms with E-state index >= 15 is 0 Å². The van der Waals surface area contributed by atoms with Crippen molar-refractivity contribution < 1.29 is 14.3 Å². The van der Waals surface area contributed by atoms with E-state index in [4.69, 9.17) is 4.74 Å². The average molecular weight is 337 g/mol. The van der Waals surface area contributed by atoms with Gasteiger partial charge >= 0.3 is 5.97 Å². The van der Waals surface area contributed by atoms with Crippen molar-refractivity contribution in [1.29, 1.82) is 0 Å². The van der Waals surface area contributed by atoms with Crippen LogP contribution >= 0.6 is 0 Å². The van der Waals surface area contributed by atoms with Crippen LogP contribution in [0.2, 0.25) is 0 Å². The quantitative estimate of drug-likeness (QED) is 0.534. The number of esters is 1. The summed E-state index contributed by atoms with van der Waals surface area (Å²) in [7, 11) is 0. The number of hydrogen-bond acceptors (Lipinski definition) is 6. The van der Waals surface area contributed by atoms with Gasteiger partial charge in [0.2, 0.25) is 5.91 Å². The summed E-state index contributed by atoms with van der Waals surface area (Å²) in [5, 5.41) is 4.11. The van der Waals surface area contributed by atoms with Crippen LogP contribution in [0, 0.1) is 6.92 Å². The van der Waals surface area contributed by atoms with Crippen molar-refractivity contribution in [2.24, 2.45) is 0 Å². The number of carbonyl (C=O) groups excluding carboxylic acids is 2. The van der Waals surface area contributed by atoms with Gasteiger partial charge in [0, 0.05) is 30.5 Å². The van der Waals surface area contributed by atoms with Crippen LogP contribution in [0.15, 0.2) is 36.5 Å². The molecule has 0 unspecified atom stereocenters. The Hall–Kier alpha value is -3.29. The Balaban J connectivity index is 1.52. The molecule has 1 aliphatic rings. The van der Waals surface area contributed by atoms with Crippen LogP contribution in [0.4, 0.5) is 5.69 Å². The second kappa shape index (κ2) is 5.97. The molecule has 1 saturated heterocycles. The van der Waals surface area contributed by atoms with Crippen molar-refractivity contribution in [2.75, 3.05) is 11.4 Å². The maximum atomic E-state index is 12.2. The van der Waals surface area contributed by atoms with Crippen LogP contribution in [0.1, 0.15) is 29.2 Å². The van der Waals surface area contributed by atoms with Crippen LogP contribution in [-0.2, 0) is 4.79 Å². The number of aryl methyl sites for hydroxylation is 1. The molecule has 3 heterocycles. The van der Waals surface area contributed by atoms with Gasteiger partial charge in [-0.1, -0.05) is 0 Å². The third kappa shape index (κ3) is 2.82. The number of carbonyl (C=O) groups is 2. The van der Waals surface area contributed by atoms with Crippen LogP contribution < -0.4 is 9.64 Å². The molecule has 1 aromatic carbocycles. The van der Waals surface area contributed by atoms with Crippen LogP contribution in [0.25, 0.3) is 5.78 Å². The van der Waals surface area contributed by atoms with Gasteiger partial charge in [0.25, 0.3) is 11.6 Å². The summed E-state index contributed by atoms with van der Waals surface area (Å²) in [4.78, 5) is 33.8. The van der Waals surface area contributed by atoms with Gasteiger partial charge in [-0.25, -0.2) is 14.3 Å². The van der Waals surface area contributed by atoms with E-state index in [1.165, 1.54) is 4.52 Å². The van der Waals surface area contributed by atoms with E-state index in [9.17, 15) is 9.59 Å². The molecule has 2 aromatic heterocycles. The minimum absolute atomic E-state index is 0.0550. The smallest absolute Gasteiger partial charge is 0.383 e. The topological polar surface area (TPSA) is 89.7 Å². The fourth-order valence-electron chi connectivity index (χ4n) is 2.76. The molecule has 0 spiro atoms. The van der Waals surface area contributed by atoms with Crippen LogP contribution in [-0.4, -0.2) is 38.0 Å². The zero-order valence-electron chi connectivity index (χ0n) is 13.5. The summed E-state index contributed by atoms with van der Waals surface area (Å²) >= 11 is 0. The Kier molecular flexibility index (Phi) is 3.64. The molecule has 8 heteroatoms. The highest BCUT2D eigenvalue weighted by Crippen LogP contribution is 2.24. The van der Waals surface area contributed by atoms with E-state index in [1.807, 2.05) is 6.92 Å². The third-order valence-electron chi connectivity index (χ3n) is 4.04. The van der Waals surface area contributed by atoms with Crippen molar-refractivity contribution in [3.63, 3.8) is 0 Å². The highest BCUT2D eigenvalue weighted by atomic mass is 16.5. The first kappa shape index (κ1) is 15.3. The molecule has 0 saturated carbocycles. The molecule has 0 atom stereocenters. The summed E-state index contributed by atoms with van der Waals surface area (Å²) < 4.78 is 6.79. The fourth-order valence-corrected chi connectivity index (χ4v) is 2.76. The molecule has 126 valence electrons. The molecule has 1 aliphatic heterocycles. The molecule has 0 N–H and O–H groups in total. The van der Waals surface area contributed by atoms with E-state index in [0.717, 1.165) is 24.3 Å². The fraction of sp³-hybridized carbons (Fsp3) is 0.235. The number of hydrogen-bond donors (Lipinski definition) is 0. The first-order valence-electron chi connectivity index (χ1n) is 7.93. The highest BCUT2D eigenvalue weighted by Gasteiger charge is 2.22. The normalized spacial score (nSPS) is 14.3. The summed E-state index contributed by atoms with van der Waals surface area (Å²) in [6, 6.07) is 8.59. The monoisotopic (exact) mass is 337 g/mol. The number of fused-ring (bicyclic) bond motifs is 1. The van der Waals surface area contributed by atoms with E-state index < -0.39 is 5.97 Å². The third-order valence-corrected chi connectivity index (χ3v) is 4.04. The largest absolute Gasteiger partial charge is 0.421 e. The van der Waals surface area contributed by atoms with Crippen molar-refractivity contribution in [3.8, 4) is 5.75 Å². The van der Waals surface area contributed by atoms with Gasteiger partial charge in [0.15, 0.2) is 0 Å².